The van der Waals surface area contributed by atoms with Crippen molar-refractivity contribution in [2.45, 2.75) is 5.60 Å². The van der Waals surface area contributed by atoms with Crippen molar-refractivity contribution in [1.29, 1.82) is 0 Å². The average molecular weight is 194 g/mol. The minimum Gasteiger partial charge on any atom is -0.478 e. The van der Waals surface area contributed by atoms with Crippen LogP contribution in [0.5, 0.6) is 0 Å². The summed E-state index contributed by atoms with van der Waals surface area (Å²) in [5.41, 5.74) is -0.211. The van der Waals surface area contributed by atoms with E-state index in [1.807, 2.05) is 0 Å². The third kappa shape index (κ3) is 1.38. The van der Waals surface area contributed by atoms with Crippen molar-refractivity contribution in [3.05, 3.63) is 35.4 Å². The number of carboxylic acids is 1. The highest BCUT2D eigenvalue weighted by molar-refractivity contribution is 5.87. The van der Waals surface area contributed by atoms with Crippen LogP contribution >= 0.6 is 0 Å². The zero-order chi connectivity index (χ0) is 10.2. The molecular formula is C10H10O4. The van der Waals surface area contributed by atoms with E-state index in [1.165, 1.54) is 12.1 Å². The number of aliphatic hydroxyl groups is 1. The van der Waals surface area contributed by atoms with E-state index in [1.54, 1.807) is 12.1 Å². The van der Waals surface area contributed by atoms with Crippen LogP contribution in [-0.2, 0) is 10.3 Å². The van der Waals surface area contributed by atoms with Crippen LogP contribution in [0.1, 0.15) is 15.9 Å². The van der Waals surface area contributed by atoms with Gasteiger partial charge in [0.2, 0.25) is 0 Å². The number of ether oxygens (including phenoxy) is 1. The van der Waals surface area contributed by atoms with E-state index < -0.39 is 11.6 Å². The Morgan fingerprint density at radius 1 is 1.43 bits per heavy atom. The molecule has 1 aromatic rings. The van der Waals surface area contributed by atoms with E-state index in [0.29, 0.717) is 5.56 Å². The van der Waals surface area contributed by atoms with Crippen molar-refractivity contribution >= 4 is 5.97 Å². The number of hydrogen-bond acceptors (Lipinski definition) is 3. The number of aromatic carboxylic acids is 1. The zero-order valence-electron chi connectivity index (χ0n) is 7.43. The van der Waals surface area contributed by atoms with Gasteiger partial charge in [0.1, 0.15) is 5.60 Å². The van der Waals surface area contributed by atoms with Crippen LogP contribution in [0, 0.1) is 0 Å². The molecule has 0 radical (unpaired) electrons. The molecule has 4 heteroatoms. The Hall–Kier alpha value is -1.39. The lowest BCUT2D eigenvalue weighted by molar-refractivity contribution is -0.184. The average Bonchev–Trinajstić information content (AvgIpc) is 2.14. The Morgan fingerprint density at radius 3 is 2.64 bits per heavy atom. The van der Waals surface area contributed by atoms with Gasteiger partial charge in [-0.15, -0.1) is 0 Å². The summed E-state index contributed by atoms with van der Waals surface area (Å²) in [6.07, 6.45) is 0. The van der Waals surface area contributed by atoms with Gasteiger partial charge in [0.05, 0.1) is 18.8 Å². The van der Waals surface area contributed by atoms with Gasteiger partial charge in [-0.3, -0.25) is 0 Å². The summed E-state index contributed by atoms with van der Waals surface area (Å²) in [7, 11) is 0. The quantitative estimate of drug-likeness (QED) is 0.723. The lowest BCUT2D eigenvalue weighted by Crippen LogP contribution is -2.46. The first kappa shape index (κ1) is 9.18. The summed E-state index contributed by atoms with van der Waals surface area (Å²) >= 11 is 0. The molecule has 0 saturated carbocycles. The van der Waals surface area contributed by atoms with Gasteiger partial charge in [-0.2, -0.15) is 0 Å². The fourth-order valence-corrected chi connectivity index (χ4v) is 1.40. The molecule has 0 amide bonds. The molecule has 2 N–H and O–H groups in total. The molecule has 0 atom stereocenters. The molecule has 0 bridgehead atoms. The number of carboxylic acid groups (broad SMARTS) is 1. The van der Waals surface area contributed by atoms with E-state index in [9.17, 15) is 9.90 Å². The molecule has 1 saturated heterocycles. The highest BCUT2D eigenvalue weighted by Gasteiger charge is 2.38. The Kier molecular flexibility index (Phi) is 2.02. The van der Waals surface area contributed by atoms with Gasteiger partial charge in [0.15, 0.2) is 0 Å². The van der Waals surface area contributed by atoms with Crippen LogP contribution < -0.4 is 0 Å². The predicted octanol–water partition coefficient (Wildman–Crippen LogP) is 0.603. The molecule has 1 aliphatic rings. The molecule has 2 rings (SSSR count). The van der Waals surface area contributed by atoms with E-state index in [2.05, 4.69) is 0 Å². The molecule has 0 spiro atoms. The highest BCUT2D eigenvalue weighted by atomic mass is 16.5. The Bertz CT molecular complexity index is 368. The van der Waals surface area contributed by atoms with Crippen LogP contribution in [0.15, 0.2) is 24.3 Å². The van der Waals surface area contributed by atoms with Crippen molar-refractivity contribution in [2.75, 3.05) is 13.2 Å². The molecule has 1 heterocycles. The SMILES string of the molecule is O=C(O)c1cccc(C2(O)COC2)c1. The van der Waals surface area contributed by atoms with Crippen LogP contribution in [0.3, 0.4) is 0 Å². The molecule has 0 aromatic heterocycles. The summed E-state index contributed by atoms with van der Waals surface area (Å²) in [5, 5.41) is 18.6. The van der Waals surface area contributed by atoms with Gasteiger partial charge in [0.25, 0.3) is 0 Å². The molecule has 74 valence electrons. The smallest absolute Gasteiger partial charge is 0.335 e. The largest absolute Gasteiger partial charge is 0.478 e. The Morgan fingerprint density at radius 2 is 2.14 bits per heavy atom. The van der Waals surface area contributed by atoms with E-state index in [-0.39, 0.29) is 18.8 Å². The van der Waals surface area contributed by atoms with E-state index >= 15 is 0 Å². The second-order valence-corrected chi connectivity index (χ2v) is 3.41. The van der Waals surface area contributed by atoms with E-state index in [0.717, 1.165) is 0 Å². The third-order valence-electron chi connectivity index (χ3n) is 2.33. The first-order chi connectivity index (χ1) is 6.62. The van der Waals surface area contributed by atoms with Crippen molar-refractivity contribution in [1.82, 2.24) is 0 Å². The first-order valence-electron chi connectivity index (χ1n) is 4.26. The van der Waals surface area contributed by atoms with Gasteiger partial charge >= 0.3 is 5.97 Å². The summed E-state index contributed by atoms with van der Waals surface area (Å²) in [6.45, 7) is 0.464. The molecule has 1 fully saturated rings. The molecule has 14 heavy (non-hydrogen) atoms. The lowest BCUT2D eigenvalue weighted by atomic mass is 9.91. The standard InChI is InChI=1S/C10H10O4/c11-9(12)7-2-1-3-8(4-7)10(13)5-14-6-10/h1-4,13H,5-6H2,(H,11,12). The van der Waals surface area contributed by atoms with Crippen LogP contribution in [0.2, 0.25) is 0 Å². The van der Waals surface area contributed by atoms with Crippen LogP contribution in [-0.4, -0.2) is 29.4 Å². The van der Waals surface area contributed by atoms with Gasteiger partial charge in [-0.1, -0.05) is 12.1 Å². The maximum atomic E-state index is 10.7. The van der Waals surface area contributed by atoms with Gasteiger partial charge in [-0.05, 0) is 17.7 Å². The zero-order valence-corrected chi connectivity index (χ0v) is 7.43. The van der Waals surface area contributed by atoms with Gasteiger partial charge in [0, 0.05) is 0 Å². The predicted molar refractivity (Wildman–Crippen MR) is 48.1 cm³/mol. The normalized spacial score (nSPS) is 18.6. The topological polar surface area (TPSA) is 66.8 Å². The maximum Gasteiger partial charge on any atom is 0.335 e. The minimum atomic E-state index is -0.995. The molecule has 1 aliphatic heterocycles. The van der Waals surface area contributed by atoms with Gasteiger partial charge in [-0.25, -0.2) is 4.79 Å². The summed E-state index contributed by atoms with van der Waals surface area (Å²) in [5.74, 6) is -0.990. The Labute approximate surface area is 80.7 Å². The second kappa shape index (κ2) is 3.08. The number of hydrogen-bond donors (Lipinski definition) is 2. The maximum absolute atomic E-state index is 10.7. The number of carbonyl (C=O) groups is 1. The van der Waals surface area contributed by atoms with E-state index in [4.69, 9.17) is 9.84 Å². The van der Waals surface area contributed by atoms with Crippen LogP contribution in [0.25, 0.3) is 0 Å². The monoisotopic (exact) mass is 194 g/mol. The summed E-state index contributed by atoms with van der Waals surface area (Å²) < 4.78 is 4.90. The van der Waals surface area contributed by atoms with Crippen molar-refractivity contribution in [3.63, 3.8) is 0 Å². The molecular weight excluding hydrogens is 184 g/mol. The third-order valence-corrected chi connectivity index (χ3v) is 2.33. The molecule has 0 aliphatic carbocycles. The van der Waals surface area contributed by atoms with Gasteiger partial charge < -0.3 is 14.9 Å². The fourth-order valence-electron chi connectivity index (χ4n) is 1.40. The van der Waals surface area contributed by atoms with Crippen molar-refractivity contribution < 1.29 is 19.7 Å². The molecule has 0 unspecified atom stereocenters. The number of rotatable bonds is 2. The fraction of sp³-hybridized carbons (Fsp3) is 0.300. The lowest BCUT2D eigenvalue weighted by Gasteiger charge is -2.36. The number of benzene rings is 1. The van der Waals surface area contributed by atoms with Crippen molar-refractivity contribution in [2.24, 2.45) is 0 Å². The minimum absolute atomic E-state index is 0.183. The summed E-state index contributed by atoms with van der Waals surface area (Å²) in [6, 6.07) is 6.30. The van der Waals surface area contributed by atoms with Crippen molar-refractivity contribution in [3.8, 4) is 0 Å². The second-order valence-electron chi connectivity index (χ2n) is 3.41. The molecule has 1 aromatic carbocycles. The molecule has 4 nitrogen and oxygen atoms in total. The summed E-state index contributed by atoms with van der Waals surface area (Å²) in [4.78, 5) is 10.7. The van der Waals surface area contributed by atoms with Crippen LogP contribution in [0.4, 0.5) is 0 Å². The Balaban J connectivity index is 2.35. The first-order valence-corrected chi connectivity index (χ1v) is 4.26. The highest BCUT2D eigenvalue weighted by Crippen LogP contribution is 2.29.